The van der Waals surface area contributed by atoms with E-state index >= 15 is 0 Å². The van der Waals surface area contributed by atoms with Gasteiger partial charge in [-0.25, -0.2) is 0 Å². The summed E-state index contributed by atoms with van der Waals surface area (Å²) in [6.45, 7) is 0. The number of carbonyl (C=O) groups is 1. The van der Waals surface area contributed by atoms with Crippen LogP contribution in [0.15, 0.2) is 42.5 Å². The van der Waals surface area contributed by atoms with Crippen LogP contribution in [0.2, 0.25) is 5.02 Å². The van der Waals surface area contributed by atoms with Gasteiger partial charge in [0.25, 0.3) is 5.24 Å². The molecule has 0 saturated carbocycles. The Morgan fingerprint density at radius 3 is 2.33 bits per heavy atom. The van der Waals surface area contributed by atoms with Crippen LogP contribution in [0.3, 0.4) is 0 Å². The van der Waals surface area contributed by atoms with Crippen LogP contribution in [0.4, 0.5) is 13.2 Å². The molecule has 0 fully saturated rings. The number of hydrogen-bond acceptors (Lipinski definition) is 2. The first kappa shape index (κ1) is 15.7. The maximum absolute atomic E-state index is 12.4. The molecule has 0 aromatic heterocycles. The Balaban J connectivity index is 2.47. The molecule has 0 atom stereocenters. The van der Waals surface area contributed by atoms with E-state index in [1.165, 1.54) is 36.4 Å². The van der Waals surface area contributed by atoms with Gasteiger partial charge in [-0.2, -0.15) is 0 Å². The van der Waals surface area contributed by atoms with Crippen LogP contribution >= 0.6 is 23.2 Å². The van der Waals surface area contributed by atoms with E-state index in [4.69, 9.17) is 23.2 Å². The van der Waals surface area contributed by atoms with E-state index in [0.717, 1.165) is 0 Å². The molecule has 0 saturated heterocycles. The normalized spacial score (nSPS) is 11.3. The van der Waals surface area contributed by atoms with Crippen LogP contribution in [0, 0.1) is 0 Å². The molecule has 0 bridgehead atoms. The molecule has 2 aromatic rings. The molecule has 2 nitrogen and oxygen atoms in total. The van der Waals surface area contributed by atoms with Crippen molar-refractivity contribution in [1.82, 2.24) is 0 Å². The van der Waals surface area contributed by atoms with Gasteiger partial charge in [0.15, 0.2) is 0 Å². The SMILES string of the molecule is O=C(Cl)c1ccc(-c2ccccc2OC(F)(F)F)cc1Cl. The van der Waals surface area contributed by atoms with Crippen molar-refractivity contribution in [2.24, 2.45) is 0 Å². The highest BCUT2D eigenvalue weighted by Gasteiger charge is 2.32. The Morgan fingerprint density at radius 2 is 1.76 bits per heavy atom. The third-order valence-corrected chi connectivity index (χ3v) is 3.12. The predicted octanol–water partition coefficient (Wildman–Crippen LogP) is 5.28. The van der Waals surface area contributed by atoms with Crippen LogP contribution in [0.1, 0.15) is 10.4 Å². The van der Waals surface area contributed by atoms with E-state index in [0.29, 0.717) is 5.56 Å². The topological polar surface area (TPSA) is 26.3 Å². The maximum Gasteiger partial charge on any atom is 0.573 e. The highest BCUT2D eigenvalue weighted by Crippen LogP contribution is 2.35. The van der Waals surface area contributed by atoms with Crippen molar-refractivity contribution < 1.29 is 22.7 Å². The minimum Gasteiger partial charge on any atom is -0.405 e. The van der Waals surface area contributed by atoms with E-state index in [1.807, 2.05) is 0 Å². The largest absolute Gasteiger partial charge is 0.573 e. The van der Waals surface area contributed by atoms with E-state index in [1.54, 1.807) is 6.07 Å². The Bertz CT molecular complexity index is 684. The molecule has 0 heterocycles. The van der Waals surface area contributed by atoms with E-state index in [2.05, 4.69) is 4.74 Å². The number of alkyl halides is 3. The van der Waals surface area contributed by atoms with Crippen molar-refractivity contribution in [1.29, 1.82) is 0 Å². The molecule has 0 radical (unpaired) electrons. The number of carbonyl (C=O) groups excluding carboxylic acids is 1. The molecule has 0 amide bonds. The van der Waals surface area contributed by atoms with Crippen LogP contribution in [0.5, 0.6) is 5.75 Å². The molecule has 110 valence electrons. The molecular weight excluding hydrogens is 328 g/mol. The number of para-hydroxylation sites is 1. The van der Waals surface area contributed by atoms with Gasteiger partial charge in [-0.15, -0.1) is 13.2 Å². The van der Waals surface area contributed by atoms with Crippen molar-refractivity contribution in [3.05, 3.63) is 53.1 Å². The number of halogens is 5. The van der Waals surface area contributed by atoms with Gasteiger partial charge in [0.05, 0.1) is 10.6 Å². The molecule has 2 rings (SSSR count). The fraction of sp³-hybridized carbons (Fsp3) is 0.0714. The third kappa shape index (κ3) is 3.89. The summed E-state index contributed by atoms with van der Waals surface area (Å²) in [6.07, 6.45) is -4.80. The van der Waals surface area contributed by atoms with Crippen molar-refractivity contribution in [2.75, 3.05) is 0 Å². The van der Waals surface area contributed by atoms with Crippen molar-refractivity contribution in [2.45, 2.75) is 6.36 Å². The van der Waals surface area contributed by atoms with E-state index in [-0.39, 0.29) is 21.9 Å². The minimum atomic E-state index is -4.80. The fourth-order valence-electron chi connectivity index (χ4n) is 1.76. The lowest BCUT2D eigenvalue weighted by atomic mass is 10.0. The zero-order chi connectivity index (χ0) is 15.6. The number of rotatable bonds is 3. The molecule has 0 aliphatic carbocycles. The van der Waals surface area contributed by atoms with Crippen molar-refractivity contribution in [3.63, 3.8) is 0 Å². The standard InChI is InChI=1S/C14H7Cl2F3O2/c15-11-7-8(5-6-10(11)13(16)20)9-3-1-2-4-12(9)21-14(17,18)19/h1-7H. The first-order chi connectivity index (χ1) is 9.78. The Morgan fingerprint density at radius 1 is 1.10 bits per heavy atom. The Kier molecular flexibility index (Phi) is 4.44. The molecule has 2 aromatic carbocycles. The van der Waals surface area contributed by atoms with Gasteiger partial charge in [0.1, 0.15) is 5.75 Å². The molecular formula is C14H7Cl2F3O2. The molecule has 0 aliphatic heterocycles. The summed E-state index contributed by atoms with van der Waals surface area (Å²) in [5.41, 5.74) is 0.656. The van der Waals surface area contributed by atoms with Gasteiger partial charge in [0, 0.05) is 5.56 Å². The monoisotopic (exact) mass is 334 g/mol. The summed E-state index contributed by atoms with van der Waals surface area (Å²) >= 11 is 11.2. The third-order valence-electron chi connectivity index (χ3n) is 2.60. The number of ether oxygens (including phenoxy) is 1. The summed E-state index contributed by atoms with van der Waals surface area (Å²) in [5, 5.41) is -0.694. The first-order valence-corrected chi connectivity index (χ1v) is 6.38. The van der Waals surface area contributed by atoms with Crippen LogP contribution in [-0.2, 0) is 0 Å². The molecule has 0 spiro atoms. The van der Waals surface area contributed by atoms with Crippen molar-refractivity contribution >= 4 is 28.4 Å². The Hall–Kier alpha value is -1.72. The second kappa shape index (κ2) is 5.95. The molecule has 7 heteroatoms. The zero-order valence-electron chi connectivity index (χ0n) is 10.2. The summed E-state index contributed by atoms with van der Waals surface area (Å²) in [4.78, 5) is 11.1. The summed E-state index contributed by atoms with van der Waals surface area (Å²) in [7, 11) is 0. The fourth-order valence-corrected chi connectivity index (χ4v) is 2.24. The lowest BCUT2D eigenvalue weighted by Gasteiger charge is -2.13. The molecule has 0 aliphatic rings. The predicted molar refractivity (Wildman–Crippen MR) is 73.8 cm³/mol. The van der Waals surface area contributed by atoms with Gasteiger partial charge in [-0.1, -0.05) is 35.9 Å². The Labute approximate surface area is 128 Å². The van der Waals surface area contributed by atoms with Gasteiger partial charge >= 0.3 is 6.36 Å². The van der Waals surface area contributed by atoms with Crippen LogP contribution in [-0.4, -0.2) is 11.6 Å². The molecule has 0 unspecified atom stereocenters. The second-order valence-corrected chi connectivity index (χ2v) is 4.76. The summed E-state index contributed by atoms with van der Waals surface area (Å²) in [5.74, 6) is -0.356. The number of benzene rings is 2. The van der Waals surface area contributed by atoms with Gasteiger partial charge in [-0.05, 0) is 35.4 Å². The molecule has 0 N–H and O–H groups in total. The van der Waals surface area contributed by atoms with Gasteiger partial charge in [-0.3, -0.25) is 4.79 Å². The number of hydrogen-bond donors (Lipinski definition) is 0. The van der Waals surface area contributed by atoms with E-state index < -0.39 is 11.6 Å². The summed E-state index contributed by atoms with van der Waals surface area (Å²) in [6, 6.07) is 9.77. The van der Waals surface area contributed by atoms with Crippen LogP contribution in [0.25, 0.3) is 11.1 Å². The summed E-state index contributed by atoms with van der Waals surface area (Å²) < 4.78 is 41.1. The average Bonchev–Trinajstić information content (AvgIpc) is 2.36. The van der Waals surface area contributed by atoms with Gasteiger partial charge < -0.3 is 4.74 Å². The smallest absolute Gasteiger partial charge is 0.405 e. The first-order valence-electron chi connectivity index (χ1n) is 5.62. The van der Waals surface area contributed by atoms with Gasteiger partial charge in [0.2, 0.25) is 0 Å². The lowest BCUT2D eigenvalue weighted by Crippen LogP contribution is -2.17. The average molecular weight is 335 g/mol. The van der Waals surface area contributed by atoms with Crippen LogP contribution < -0.4 is 4.74 Å². The van der Waals surface area contributed by atoms with E-state index in [9.17, 15) is 18.0 Å². The minimum absolute atomic E-state index is 0.0503. The molecule has 21 heavy (non-hydrogen) atoms. The quantitative estimate of drug-likeness (QED) is 0.713. The highest BCUT2D eigenvalue weighted by atomic mass is 35.5. The van der Waals surface area contributed by atoms with Crippen molar-refractivity contribution in [3.8, 4) is 16.9 Å². The zero-order valence-corrected chi connectivity index (χ0v) is 11.8. The second-order valence-electron chi connectivity index (χ2n) is 4.01. The maximum atomic E-state index is 12.4. The lowest BCUT2D eigenvalue weighted by molar-refractivity contribution is -0.274. The highest BCUT2D eigenvalue weighted by molar-refractivity contribution is 6.68.